The van der Waals surface area contributed by atoms with Crippen LogP contribution in [0.3, 0.4) is 0 Å². The van der Waals surface area contributed by atoms with E-state index in [4.69, 9.17) is 17.3 Å². The fraction of sp³-hybridized carbons (Fsp3) is 0.308. The fourth-order valence-electron chi connectivity index (χ4n) is 1.88. The van der Waals surface area contributed by atoms with Crippen LogP contribution in [0.2, 0.25) is 5.02 Å². The van der Waals surface area contributed by atoms with E-state index in [-0.39, 0.29) is 10.6 Å². The summed E-state index contributed by atoms with van der Waals surface area (Å²) in [4.78, 5) is 0.278. The molecule has 0 aliphatic heterocycles. The summed E-state index contributed by atoms with van der Waals surface area (Å²) in [7, 11) is 0.267. The summed E-state index contributed by atoms with van der Waals surface area (Å²) in [5.41, 5.74) is 7.46. The highest BCUT2D eigenvalue weighted by Crippen LogP contribution is 2.25. The Labute approximate surface area is 124 Å². The minimum Gasteiger partial charge on any atom is -0.398 e. The summed E-state index contributed by atoms with van der Waals surface area (Å²) in [6.45, 7) is 1.94. The smallest absolute Gasteiger partial charge is 0.124 e. The van der Waals surface area contributed by atoms with Gasteiger partial charge in [-0.2, -0.15) is 5.10 Å². The summed E-state index contributed by atoms with van der Waals surface area (Å²) >= 11 is 6.21. The standard InChI is InChI=1S/C13H15ClFN3OS/c1-3-10-13(14)11(18(2)17-10)7-20(19)12-6-8(15)4-5-9(12)16/h4-6H,3,7,16H2,1-2H3. The molecular weight excluding hydrogens is 301 g/mol. The third kappa shape index (κ3) is 2.86. The van der Waals surface area contributed by atoms with E-state index in [2.05, 4.69) is 5.10 Å². The maximum absolute atomic E-state index is 13.2. The van der Waals surface area contributed by atoms with Gasteiger partial charge in [-0.3, -0.25) is 8.89 Å². The second-order valence-corrected chi connectivity index (χ2v) is 6.15. The Morgan fingerprint density at radius 1 is 1.50 bits per heavy atom. The highest BCUT2D eigenvalue weighted by molar-refractivity contribution is 7.84. The number of nitrogens with zero attached hydrogens (tertiary/aromatic N) is 2. The van der Waals surface area contributed by atoms with Crippen LogP contribution in [0.5, 0.6) is 0 Å². The summed E-state index contributed by atoms with van der Waals surface area (Å²) < 4.78 is 27.2. The highest BCUT2D eigenvalue weighted by Gasteiger charge is 2.18. The van der Waals surface area contributed by atoms with Crippen LogP contribution in [0.15, 0.2) is 23.1 Å². The Morgan fingerprint density at radius 2 is 2.20 bits per heavy atom. The molecule has 0 fully saturated rings. The molecule has 0 bridgehead atoms. The predicted octanol–water partition coefficient (Wildman–Crippen LogP) is 2.67. The van der Waals surface area contributed by atoms with Crippen molar-refractivity contribution in [2.75, 3.05) is 5.73 Å². The van der Waals surface area contributed by atoms with E-state index >= 15 is 0 Å². The molecule has 0 saturated carbocycles. The number of benzene rings is 1. The average molecular weight is 316 g/mol. The summed E-state index contributed by atoms with van der Waals surface area (Å²) in [6, 6.07) is 3.84. The van der Waals surface area contributed by atoms with E-state index in [1.54, 1.807) is 11.7 Å². The minimum atomic E-state index is -1.48. The van der Waals surface area contributed by atoms with Crippen molar-refractivity contribution in [2.45, 2.75) is 24.0 Å². The number of hydrogen-bond donors (Lipinski definition) is 1. The molecule has 2 N–H and O–H groups in total. The van der Waals surface area contributed by atoms with Crippen LogP contribution in [-0.2, 0) is 30.0 Å². The molecule has 1 atom stereocenters. The van der Waals surface area contributed by atoms with Crippen molar-refractivity contribution < 1.29 is 8.60 Å². The van der Waals surface area contributed by atoms with Crippen LogP contribution in [0, 0.1) is 5.82 Å². The molecule has 0 amide bonds. The Kier molecular flexibility index (Phi) is 4.45. The van der Waals surface area contributed by atoms with Gasteiger partial charge in [0.15, 0.2) is 0 Å². The van der Waals surface area contributed by atoms with Crippen LogP contribution in [0.1, 0.15) is 18.3 Å². The molecule has 0 spiro atoms. The first-order valence-corrected chi connectivity index (χ1v) is 7.77. The van der Waals surface area contributed by atoms with Gasteiger partial charge in [0.05, 0.1) is 37.9 Å². The van der Waals surface area contributed by atoms with Crippen molar-refractivity contribution in [1.82, 2.24) is 9.78 Å². The van der Waals surface area contributed by atoms with Crippen LogP contribution in [0.4, 0.5) is 10.1 Å². The fourth-order valence-corrected chi connectivity index (χ4v) is 3.63. The van der Waals surface area contributed by atoms with E-state index in [0.717, 1.165) is 5.69 Å². The molecule has 108 valence electrons. The number of anilines is 1. The number of aryl methyl sites for hydroxylation is 2. The van der Waals surface area contributed by atoms with Gasteiger partial charge in [0.25, 0.3) is 0 Å². The second kappa shape index (κ2) is 5.93. The predicted molar refractivity (Wildman–Crippen MR) is 78.5 cm³/mol. The van der Waals surface area contributed by atoms with Crippen molar-refractivity contribution in [3.63, 3.8) is 0 Å². The minimum absolute atomic E-state index is 0.149. The van der Waals surface area contributed by atoms with Gasteiger partial charge in [-0.15, -0.1) is 0 Å². The highest BCUT2D eigenvalue weighted by atomic mass is 35.5. The van der Waals surface area contributed by atoms with Gasteiger partial charge in [-0.25, -0.2) is 4.39 Å². The maximum Gasteiger partial charge on any atom is 0.124 e. The van der Waals surface area contributed by atoms with Gasteiger partial charge >= 0.3 is 0 Å². The average Bonchev–Trinajstić information content (AvgIpc) is 2.68. The first kappa shape index (κ1) is 15.0. The van der Waals surface area contributed by atoms with Crippen LogP contribution >= 0.6 is 11.6 Å². The first-order valence-electron chi connectivity index (χ1n) is 6.07. The molecule has 1 aromatic carbocycles. The van der Waals surface area contributed by atoms with E-state index in [1.807, 2.05) is 6.92 Å². The van der Waals surface area contributed by atoms with Crippen LogP contribution in [-0.4, -0.2) is 14.0 Å². The summed E-state index contributed by atoms with van der Waals surface area (Å²) in [6.07, 6.45) is 0.696. The number of hydrogen-bond acceptors (Lipinski definition) is 3. The Balaban J connectivity index is 2.33. The van der Waals surface area contributed by atoms with Crippen molar-refractivity contribution >= 4 is 28.1 Å². The number of aromatic nitrogens is 2. The molecule has 2 aromatic rings. The normalized spacial score (nSPS) is 12.6. The Hall–Kier alpha value is -1.40. The lowest BCUT2D eigenvalue weighted by Gasteiger charge is -2.07. The van der Waals surface area contributed by atoms with Crippen molar-refractivity contribution in [3.8, 4) is 0 Å². The van der Waals surface area contributed by atoms with Crippen molar-refractivity contribution in [1.29, 1.82) is 0 Å². The number of nitrogens with two attached hydrogens (primary N) is 1. The topological polar surface area (TPSA) is 60.9 Å². The third-order valence-electron chi connectivity index (χ3n) is 2.99. The van der Waals surface area contributed by atoms with Crippen LogP contribution < -0.4 is 5.73 Å². The molecule has 4 nitrogen and oxygen atoms in total. The van der Waals surface area contributed by atoms with Gasteiger partial charge in [-0.05, 0) is 24.6 Å². The first-order chi connectivity index (χ1) is 9.43. The Morgan fingerprint density at radius 3 is 2.80 bits per heavy atom. The SMILES string of the molecule is CCc1nn(C)c(CS(=O)c2cc(F)ccc2N)c1Cl. The molecule has 0 saturated heterocycles. The molecule has 7 heteroatoms. The molecule has 1 heterocycles. The monoisotopic (exact) mass is 315 g/mol. The maximum atomic E-state index is 13.2. The van der Waals surface area contributed by atoms with Gasteiger partial charge < -0.3 is 5.73 Å². The second-order valence-electron chi connectivity index (χ2n) is 4.36. The summed E-state index contributed by atoms with van der Waals surface area (Å²) in [5.74, 6) is -0.316. The van der Waals surface area contributed by atoms with Gasteiger partial charge in [-0.1, -0.05) is 18.5 Å². The van der Waals surface area contributed by atoms with Crippen molar-refractivity contribution in [3.05, 3.63) is 40.4 Å². The number of rotatable bonds is 4. The lowest BCUT2D eigenvalue weighted by atomic mass is 10.3. The van der Waals surface area contributed by atoms with Gasteiger partial charge in [0.2, 0.25) is 0 Å². The molecule has 1 unspecified atom stereocenters. The molecule has 0 radical (unpaired) electrons. The third-order valence-corrected chi connectivity index (χ3v) is 4.81. The van der Waals surface area contributed by atoms with E-state index in [9.17, 15) is 8.60 Å². The van der Waals surface area contributed by atoms with Gasteiger partial charge in [0, 0.05) is 12.7 Å². The molecular formula is C13H15ClFN3OS. The zero-order chi connectivity index (χ0) is 14.9. The summed E-state index contributed by atoms with van der Waals surface area (Å²) in [5, 5.41) is 4.77. The Bertz CT molecular complexity index is 672. The van der Waals surface area contributed by atoms with E-state index < -0.39 is 16.6 Å². The lowest BCUT2D eigenvalue weighted by molar-refractivity contribution is 0.623. The number of halogens is 2. The molecule has 2 rings (SSSR count). The quantitative estimate of drug-likeness (QED) is 0.882. The van der Waals surface area contributed by atoms with E-state index in [1.165, 1.54) is 18.2 Å². The van der Waals surface area contributed by atoms with E-state index in [0.29, 0.717) is 22.8 Å². The molecule has 0 aliphatic carbocycles. The van der Waals surface area contributed by atoms with Crippen molar-refractivity contribution in [2.24, 2.45) is 7.05 Å². The molecule has 1 aromatic heterocycles. The lowest BCUT2D eigenvalue weighted by Crippen LogP contribution is -2.06. The largest absolute Gasteiger partial charge is 0.398 e. The zero-order valence-electron chi connectivity index (χ0n) is 11.2. The number of nitrogen functional groups attached to an aromatic ring is 1. The molecule has 20 heavy (non-hydrogen) atoms. The van der Waals surface area contributed by atoms with Gasteiger partial charge in [0.1, 0.15) is 5.82 Å². The van der Waals surface area contributed by atoms with Crippen LogP contribution in [0.25, 0.3) is 0 Å². The molecule has 0 aliphatic rings. The zero-order valence-corrected chi connectivity index (χ0v) is 12.8.